The zero-order valence-corrected chi connectivity index (χ0v) is 16.3. The summed E-state index contributed by atoms with van der Waals surface area (Å²) in [4.78, 5) is 4.87. The van der Waals surface area contributed by atoms with Crippen molar-refractivity contribution in [3.8, 4) is 11.5 Å². The second-order valence-corrected chi connectivity index (χ2v) is 6.19. The van der Waals surface area contributed by atoms with Gasteiger partial charge in [0, 0.05) is 11.3 Å². The van der Waals surface area contributed by atoms with Gasteiger partial charge in [0.2, 0.25) is 0 Å². The normalized spacial score (nSPS) is 11.8. The Hall–Kier alpha value is -3.53. The second-order valence-electron chi connectivity index (χ2n) is 6.19. The second kappa shape index (κ2) is 9.42. The minimum atomic E-state index is 0.736. The van der Waals surface area contributed by atoms with Crippen molar-refractivity contribution in [1.29, 1.82) is 0 Å². The first-order valence-corrected chi connectivity index (χ1v) is 9.06. The summed E-state index contributed by atoms with van der Waals surface area (Å²) >= 11 is 0. The van der Waals surface area contributed by atoms with E-state index in [4.69, 9.17) is 14.5 Å². The van der Waals surface area contributed by atoms with Crippen LogP contribution >= 0.6 is 0 Å². The fraction of sp³-hybridized carbons (Fsp3) is 0.125. The molecule has 3 aromatic carbocycles. The van der Waals surface area contributed by atoms with Crippen molar-refractivity contribution < 1.29 is 9.47 Å². The van der Waals surface area contributed by atoms with Crippen LogP contribution in [0.25, 0.3) is 0 Å². The highest BCUT2D eigenvalue weighted by Crippen LogP contribution is 2.28. The highest BCUT2D eigenvalue weighted by Gasteiger charge is 2.07. The first-order valence-electron chi connectivity index (χ1n) is 9.06. The molecule has 0 aromatic heterocycles. The predicted octanol–water partition coefficient (Wildman–Crippen LogP) is 5.84. The Labute approximate surface area is 166 Å². The van der Waals surface area contributed by atoms with Crippen molar-refractivity contribution >= 4 is 17.1 Å². The standard InChI is InChI=1S/C24H24N2O2/c1-18(25-20-13-7-9-15-23(20)27-2)17-22(19-11-5-4-6-12-19)26-21-14-8-10-16-24(21)28-3/h4-17,25H,1-3H3/b18-17-,26-22?. The molecule has 142 valence electrons. The number of nitrogens with zero attached hydrogens (tertiary/aromatic N) is 1. The molecule has 28 heavy (non-hydrogen) atoms. The maximum atomic E-state index is 5.45. The van der Waals surface area contributed by atoms with E-state index >= 15 is 0 Å². The Morgan fingerprint density at radius 2 is 1.39 bits per heavy atom. The van der Waals surface area contributed by atoms with Crippen LogP contribution in [0.2, 0.25) is 0 Å². The Morgan fingerprint density at radius 1 is 0.786 bits per heavy atom. The van der Waals surface area contributed by atoms with Gasteiger partial charge < -0.3 is 14.8 Å². The molecule has 0 aliphatic carbocycles. The third-order valence-corrected chi connectivity index (χ3v) is 4.19. The van der Waals surface area contributed by atoms with Gasteiger partial charge in [-0.2, -0.15) is 0 Å². The van der Waals surface area contributed by atoms with Crippen LogP contribution in [0.3, 0.4) is 0 Å². The van der Waals surface area contributed by atoms with E-state index in [-0.39, 0.29) is 0 Å². The Morgan fingerprint density at radius 3 is 2.11 bits per heavy atom. The van der Waals surface area contributed by atoms with Crippen molar-refractivity contribution in [2.24, 2.45) is 4.99 Å². The molecule has 3 aromatic rings. The molecule has 0 unspecified atom stereocenters. The molecule has 0 radical (unpaired) electrons. The van der Waals surface area contributed by atoms with Crippen molar-refractivity contribution in [1.82, 2.24) is 0 Å². The zero-order valence-electron chi connectivity index (χ0n) is 16.3. The lowest BCUT2D eigenvalue weighted by atomic mass is 10.1. The maximum Gasteiger partial charge on any atom is 0.144 e. The van der Waals surface area contributed by atoms with E-state index in [9.17, 15) is 0 Å². The maximum absolute atomic E-state index is 5.45. The number of hydrogen-bond donors (Lipinski definition) is 1. The van der Waals surface area contributed by atoms with E-state index in [1.54, 1.807) is 14.2 Å². The minimum absolute atomic E-state index is 0.736. The van der Waals surface area contributed by atoms with Crippen LogP contribution in [-0.4, -0.2) is 19.9 Å². The molecule has 0 aliphatic rings. The Balaban J connectivity index is 2.00. The lowest BCUT2D eigenvalue weighted by Crippen LogP contribution is -2.03. The molecule has 0 amide bonds. The van der Waals surface area contributed by atoms with Gasteiger partial charge in [-0.25, -0.2) is 4.99 Å². The summed E-state index contributed by atoms with van der Waals surface area (Å²) < 4.78 is 10.9. The van der Waals surface area contributed by atoms with Crippen LogP contribution in [0, 0.1) is 0 Å². The van der Waals surface area contributed by atoms with Crippen molar-refractivity contribution in [2.75, 3.05) is 19.5 Å². The smallest absolute Gasteiger partial charge is 0.144 e. The third-order valence-electron chi connectivity index (χ3n) is 4.19. The van der Waals surface area contributed by atoms with E-state index in [0.717, 1.165) is 39.8 Å². The number of allylic oxidation sites excluding steroid dienone is 2. The molecule has 0 heterocycles. The number of para-hydroxylation sites is 4. The van der Waals surface area contributed by atoms with Crippen molar-refractivity contribution in [3.63, 3.8) is 0 Å². The minimum Gasteiger partial charge on any atom is -0.495 e. The first kappa shape index (κ1) is 19.2. The summed E-state index contributed by atoms with van der Waals surface area (Å²) in [5.74, 6) is 1.53. The highest BCUT2D eigenvalue weighted by molar-refractivity contribution is 6.10. The molecule has 1 N–H and O–H groups in total. The third kappa shape index (κ3) is 4.80. The van der Waals surface area contributed by atoms with Crippen LogP contribution in [0.4, 0.5) is 11.4 Å². The number of ether oxygens (including phenoxy) is 2. The number of methoxy groups -OCH3 is 2. The van der Waals surface area contributed by atoms with Gasteiger partial charge in [-0.05, 0) is 37.3 Å². The van der Waals surface area contributed by atoms with Gasteiger partial charge in [0.15, 0.2) is 0 Å². The van der Waals surface area contributed by atoms with Gasteiger partial charge >= 0.3 is 0 Å². The molecule has 0 bridgehead atoms. The SMILES string of the molecule is COc1ccccc1N=C(/C=C(/C)Nc1ccccc1OC)c1ccccc1. The lowest BCUT2D eigenvalue weighted by Gasteiger charge is -2.12. The Kier molecular flexibility index (Phi) is 6.47. The van der Waals surface area contributed by atoms with Crippen LogP contribution in [0.1, 0.15) is 12.5 Å². The topological polar surface area (TPSA) is 42.8 Å². The number of anilines is 1. The average molecular weight is 372 g/mol. The molecule has 0 atom stereocenters. The zero-order chi connectivity index (χ0) is 19.8. The number of nitrogens with one attached hydrogen (secondary N) is 1. The molecule has 3 rings (SSSR count). The van der Waals surface area contributed by atoms with Crippen molar-refractivity contribution in [3.05, 3.63) is 96.2 Å². The molecule has 0 saturated heterocycles. The number of rotatable bonds is 7. The average Bonchev–Trinajstić information content (AvgIpc) is 2.74. The van der Waals surface area contributed by atoms with Gasteiger partial charge in [0.25, 0.3) is 0 Å². The number of aliphatic imine (C=N–C) groups is 1. The van der Waals surface area contributed by atoms with Crippen LogP contribution in [0.5, 0.6) is 11.5 Å². The molecule has 0 aliphatic heterocycles. The van der Waals surface area contributed by atoms with Gasteiger partial charge in [0.1, 0.15) is 17.2 Å². The molecule has 4 heteroatoms. The predicted molar refractivity (Wildman–Crippen MR) is 116 cm³/mol. The van der Waals surface area contributed by atoms with Gasteiger partial charge in [-0.3, -0.25) is 0 Å². The molecule has 0 spiro atoms. The lowest BCUT2D eigenvalue weighted by molar-refractivity contribution is 0.416. The number of benzene rings is 3. The monoisotopic (exact) mass is 372 g/mol. The van der Waals surface area contributed by atoms with Gasteiger partial charge in [0.05, 0.1) is 25.6 Å². The van der Waals surface area contributed by atoms with Crippen LogP contribution < -0.4 is 14.8 Å². The van der Waals surface area contributed by atoms with E-state index in [0.29, 0.717) is 0 Å². The van der Waals surface area contributed by atoms with Crippen molar-refractivity contribution in [2.45, 2.75) is 6.92 Å². The fourth-order valence-electron chi connectivity index (χ4n) is 2.84. The fourth-order valence-corrected chi connectivity index (χ4v) is 2.84. The van der Waals surface area contributed by atoms with Gasteiger partial charge in [-0.15, -0.1) is 0 Å². The van der Waals surface area contributed by atoms with E-state index < -0.39 is 0 Å². The quantitative estimate of drug-likeness (QED) is 0.530. The summed E-state index contributed by atoms with van der Waals surface area (Å²) in [6.07, 6.45) is 2.02. The molecule has 0 fully saturated rings. The van der Waals surface area contributed by atoms with Crippen LogP contribution in [0.15, 0.2) is 95.6 Å². The summed E-state index contributed by atoms with van der Waals surface area (Å²) in [5.41, 5.74) is 4.50. The van der Waals surface area contributed by atoms with E-state index in [2.05, 4.69) is 5.32 Å². The first-order chi connectivity index (χ1) is 13.7. The summed E-state index contributed by atoms with van der Waals surface area (Å²) in [6.45, 7) is 2.01. The van der Waals surface area contributed by atoms with E-state index in [1.165, 1.54) is 0 Å². The summed E-state index contributed by atoms with van der Waals surface area (Å²) in [6, 6.07) is 25.7. The largest absolute Gasteiger partial charge is 0.495 e. The van der Waals surface area contributed by atoms with Gasteiger partial charge in [-0.1, -0.05) is 54.6 Å². The molecule has 4 nitrogen and oxygen atoms in total. The molecular weight excluding hydrogens is 348 g/mol. The molecular formula is C24H24N2O2. The Bertz CT molecular complexity index is 979. The van der Waals surface area contributed by atoms with Crippen LogP contribution in [-0.2, 0) is 0 Å². The number of hydrogen-bond acceptors (Lipinski definition) is 4. The highest BCUT2D eigenvalue weighted by atomic mass is 16.5. The van der Waals surface area contributed by atoms with E-state index in [1.807, 2.05) is 91.9 Å². The summed E-state index contributed by atoms with van der Waals surface area (Å²) in [7, 11) is 3.32. The summed E-state index contributed by atoms with van der Waals surface area (Å²) in [5, 5.41) is 3.40. The molecule has 0 saturated carbocycles.